The van der Waals surface area contributed by atoms with Crippen LogP contribution in [0.2, 0.25) is 0 Å². The number of esters is 2. The van der Waals surface area contributed by atoms with Crippen molar-refractivity contribution in [3.8, 4) is 0 Å². The Labute approximate surface area is 235 Å². The summed E-state index contributed by atoms with van der Waals surface area (Å²) < 4.78 is 14.7. The van der Waals surface area contributed by atoms with Crippen molar-refractivity contribution in [2.45, 2.75) is 31.5 Å². The molecule has 0 saturated carbocycles. The van der Waals surface area contributed by atoms with Gasteiger partial charge in [-0.3, -0.25) is 19.2 Å². The van der Waals surface area contributed by atoms with E-state index in [0.717, 1.165) is 22.5 Å². The maximum atomic E-state index is 13.8. The molecule has 13 heteroatoms. The summed E-state index contributed by atoms with van der Waals surface area (Å²) >= 11 is 0. The van der Waals surface area contributed by atoms with Crippen molar-refractivity contribution in [3.05, 3.63) is 71.3 Å². The van der Waals surface area contributed by atoms with Gasteiger partial charge < -0.3 is 34.4 Å². The molecule has 1 unspecified atom stereocenters. The van der Waals surface area contributed by atoms with E-state index in [1.54, 1.807) is 36.4 Å². The Balaban J connectivity index is 1.85. The van der Waals surface area contributed by atoms with Crippen LogP contribution in [0.4, 0.5) is 4.79 Å². The van der Waals surface area contributed by atoms with Gasteiger partial charge >= 0.3 is 24.0 Å². The van der Waals surface area contributed by atoms with Crippen LogP contribution >= 0.6 is 0 Å². The highest BCUT2D eigenvalue weighted by molar-refractivity contribution is 5.95. The standard InChI is InChI=1S/C28H31N3O10/c1-39-24(34)15-22-26(36)30(16-23(32)33)12-13-31(22)25(35)21(14-18-8-10-20(11-9-18)27(37)40-2)29-28(38)41-17-19-6-4-3-5-7-19/h3-11,21-22H,12-17H2,1-2H3,(H,29,38)(H,32,33)/t21-,22?/m0/s1. The van der Waals surface area contributed by atoms with Crippen molar-refractivity contribution in [3.63, 3.8) is 0 Å². The van der Waals surface area contributed by atoms with Crippen LogP contribution in [0, 0.1) is 0 Å². The maximum absolute atomic E-state index is 13.8. The second-order valence-corrected chi connectivity index (χ2v) is 9.13. The van der Waals surface area contributed by atoms with Crippen molar-refractivity contribution < 1.29 is 48.1 Å². The van der Waals surface area contributed by atoms with Crippen LogP contribution in [0.5, 0.6) is 0 Å². The number of hydrogen-bond donors (Lipinski definition) is 2. The highest BCUT2D eigenvalue weighted by Crippen LogP contribution is 2.19. The number of amides is 3. The number of hydrogen-bond acceptors (Lipinski definition) is 9. The molecular weight excluding hydrogens is 538 g/mol. The molecular formula is C28H31N3O10. The number of carboxylic acids is 1. The van der Waals surface area contributed by atoms with Crippen LogP contribution in [-0.4, -0.2) is 96.7 Å². The van der Waals surface area contributed by atoms with Gasteiger partial charge in [-0.2, -0.15) is 0 Å². The molecule has 13 nitrogen and oxygen atoms in total. The van der Waals surface area contributed by atoms with Crippen molar-refractivity contribution in [2.24, 2.45) is 0 Å². The fourth-order valence-corrected chi connectivity index (χ4v) is 4.30. The Morgan fingerprint density at radius 3 is 2.24 bits per heavy atom. The molecule has 1 saturated heterocycles. The van der Waals surface area contributed by atoms with E-state index in [0.29, 0.717) is 5.56 Å². The zero-order valence-corrected chi connectivity index (χ0v) is 22.6. The normalized spacial score (nSPS) is 15.5. The van der Waals surface area contributed by atoms with E-state index in [-0.39, 0.29) is 31.7 Å². The fourth-order valence-electron chi connectivity index (χ4n) is 4.30. The van der Waals surface area contributed by atoms with Gasteiger partial charge in [-0.15, -0.1) is 0 Å². The predicted octanol–water partition coefficient (Wildman–Crippen LogP) is 0.998. The molecule has 0 aromatic heterocycles. The van der Waals surface area contributed by atoms with E-state index in [1.807, 2.05) is 6.07 Å². The minimum absolute atomic E-state index is 0.0464. The summed E-state index contributed by atoms with van der Waals surface area (Å²) in [6.07, 6.45) is -1.44. The summed E-state index contributed by atoms with van der Waals surface area (Å²) in [7, 11) is 2.38. The number of nitrogens with one attached hydrogen (secondary N) is 1. The molecule has 0 spiro atoms. The summed E-state index contributed by atoms with van der Waals surface area (Å²) in [6.45, 7) is -0.830. The van der Waals surface area contributed by atoms with Crippen LogP contribution in [0.25, 0.3) is 0 Å². The number of carbonyl (C=O) groups excluding carboxylic acids is 5. The lowest BCUT2D eigenvalue weighted by Gasteiger charge is -2.41. The highest BCUT2D eigenvalue weighted by Gasteiger charge is 2.42. The van der Waals surface area contributed by atoms with Crippen molar-refractivity contribution in [1.82, 2.24) is 15.1 Å². The number of aliphatic carboxylic acids is 1. The molecule has 0 aliphatic carbocycles. The molecule has 1 aliphatic rings. The molecule has 218 valence electrons. The largest absolute Gasteiger partial charge is 0.480 e. The Hall–Kier alpha value is -4.94. The molecule has 2 atom stereocenters. The Bertz CT molecular complexity index is 1270. The molecule has 0 radical (unpaired) electrons. The first-order valence-corrected chi connectivity index (χ1v) is 12.6. The number of methoxy groups -OCH3 is 2. The number of benzene rings is 2. The molecule has 2 aromatic rings. The lowest BCUT2D eigenvalue weighted by Crippen LogP contribution is -2.63. The predicted molar refractivity (Wildman–Crippen MR) is 141 cm³/mol. The van der Waals surface area contributed by atoms with E-state index in [9.17, 15) is 33.9 Å². The van der Waals surface area contributed by atoms with E-state index < -0.39 is 60.9 Å². The number of carbonyl (C=O) groups is 6. The van der Waals surface area contributed by atoms with Gasteiger partial charge in [0.25, 0.3) is 0 Å². The van der Waals surface area contributed by atoms with Crippen LogP contribution in [-0.2, 0) is 46.4 Å². The molecule has 3 rings (SSSR count). The summed E-state index contributed by atoms with van der Waals surface area (Å²) in [5.41, 5.74) is 1.58. The second-order valence-electron chi connectivity index (χ2n) is 9.13. The number of piperazine rings is 1. The van der Waals surface area contributed by atoms with Gasteiger partial charge in [-0.25, -0.2) is 9.59 Å². The lowest BCUT2D eigenvalue weighted by atomic mass is 10.0. The zero-order chi connectivity index (χ0) is 29.9. The van der Waals surface area contributed by atoms with Crippen LogP contribution < -0.4 is 5.32 Å². The number of carboxylic acid groups (broad SMARTS) is 1. The molecule has 0 bridgehead atoms. The fraction of sp³-hybridized carbons (Fsp3) is 0.357. The van der Waals surface area contributed by atoms with E-state index in [2.05, 4.69) is 10.1 Å². The number of rotatable bonds is 11. The Morgan fingerprint density at radius 1 is 0.951 bits per heavy atom. The van der Waals surface area contributed by atoms with Gasteiger partial charge in [0.1, 0.15) is 25.2 Å². The highest BCUT2D eigenvalue weighted by atomic mass is 16.5. The first-order chi connectivity index (χ1) is 19.6. The molecule has 1 aliphatic heterocycles. The second kappa shape index (κ2) is 14.4. The van der Waals surface area contributed by atoms with Crippen molar-refractivity contribution >= 4 is 35.8 Å². The van der Waals surface area contributed by atoms with E-state index in [1.165, 1.54) is 19.2 Å². The van der Waals surface area contributed by atoms with Gasteiger partial charge in [0.05, 0.1) is 26.2 Å². The third kappa shape index (κ3) is 8.52. The van der Waals surface area contributed by atoms with Crippen LogP contribution in [0.3, 0.4) is 0 Å². The summed E-state index contributed by atoms with van der Waals surface area (Å²) in [5.74, 6) is -3.98. The summed E-state index contributed by atoms with van der Waals surface area (Å²) in [4.78, 5) is 77.1. The number of alkyl carbamates (subject to hydrolysis) is 1. The number of ether oxygens (including phenoxy) is 3. The maximum Gasteiger partial charge on any atom is 0.408 e. The lowest BCUT2D eigenvalue weighted by molar-refractivity contribution is -0.159. The monoisotopic (exact) mass is 569 g/mol. The first kappa shape index (κ1) is 30.6. The first-order valence-electron chi connectivity index (χ1n) is 12.6. The number of nitrogens with zero attached hydrogens (tertiary/aromatic N) is 2. The Kier molecular flexibility index (Phi) is 10.8. The Morgan fingerprint density at radius 2 is 1.63 bits per heavy atom. The average molecular weight is 570 g/mol. The SMILES string of the molecule is COC(=O)CC1C(=O)N(CC(=O)O)CCN1C(=O)[C@H](Cc1ccc(C(=O)OC)cc1)NC(=O)OCc1ccccc1. The van der Waals surface area contributed by atoms with Gasteiger partial charge in [-0.05, 0) is 23.3 Å². The molecule has 41 heavy (non-hydrogen) atoms. The minimum atomic E-state index is -1.34. The van der Waals surface area contributed by atoms with Crippen molar-refractivity contribution in [2.75, 3.05) is 33.9 Å². The van der Waals surface area contributed by atoms with Gasteiger partial charge in [0.15, 0.2) is 0 Å². The van der Waals surface area contributed by atoms with E-state index >= 15 is 0 Å². The van der Waals surface area contributed by atoms with Gasteiger partial charge in [0.2, 0.25) is 11.8 Å². The van der Waals surface area contributed by atoms with Gasteiger partial charge in [-0.1, -0.05) is 42.5 Å². The van der Waals surface area contributed by atoms with E-state index in [4.69, 9.17) is 9.47 Å². The molecule has 1 heterocycles. The average Bonchev–Trinajstić information content (AvgIpc) is 2.97. The summed E-state index contributed by atoms with van der Waals surface area (Å²) in [6, 6.07) is 12.5. The summed E-state index contributed by atoms with van der Waals surface area (Å²) in [5, 5.41) is 11.7. The third-order valence-corrected chi connectivity index (χ3v) is 6.40. The molecule has 2 N–H and O–H groups in total. The topological polar surface area (TPSA) is 169 Å². The van der Waals surface area contributed by atoms with Crippen LogP contribution in [0.15, 0.2) is 54.6 Å². The third-order valence-electron chi connectivity index (χ3n) is 6.40. The zero-order valence-electron chi connectivity index (χ0n) is 22.6. The molecule has 2 aromatic carbocycles. The van der Waals surface area contributed by atoms with Crippen molar-refractivity contribution in [1.29, 1.82) is 0 Å². The smallest absolute Gasteiger partial charge is 0.408 e. The van der Waals surface area contributed by atoms with Gasteiger partial charge in [0, 0.05) is 19.5 Å². The molecule has 1 fully saturated rings. The van der Waals surface area contributed by atoms with Crippen LogP contribution in [0.1, 0.15) is 27.9 Å². The quantitative estimate of drug-likeness (QED) is 0.294. The molecule has 3 amide bonds. The minimum Gasteiger partial charge on any atom is -0.480 e.